The number of phenols is 1. The van der Waals surface area contributed by atoms with Crippen molar-refractivity contribution in [1.29, 1.82) is 0 Å². The van der Waals surface area contributed by atoms with Gasteiger partial charge in [-0.2, -0.15) is 0 Å². The highest BCUT2D eigenvalue weighted by molar-refractivity contribution is 6.25. The van der Waals surface area contributed by atoms with Gasteiger partial charge >= 0.3 is 0 Å². The normalized spacial score (nSPS) is 32.7. The first kappa shape index (κ1) is 27.6. The number of hydrogen-bond donors (Lipinski definition) is 5. The summed E-state index contributed by atoms with van der Waals surface area (Å²) in [5.74, 6) is -7.26. The van der Waals surface area contributed by atoms with Crippen molar-refractivity contribution >= 4 is 28.9 Å². The number of carbonyl (C=O) groups excluding carboxylic acids is 3. The van der Waals surface area contributed by atoms with E-state index in [1.165, 1.54) is 0 Å². The molecule has 0 bridgehead atoms. The zero-order valence-electron chi connectivity index (χ0n) is 22.8. The summed E-state index contributed by atoms with van der Waals surface area (Å²) in [6, 6.07) is 1.00. The highest BCUT2D eigenvalue weighted by Gasteiger charge is 2.67. The second-order valence-corrected chi connectivity index (χ2v) is 11.9. The Morgan fingerprint density at radius 2 is 1.79 bits per heavy atom. The molecular formula is C28H38N4O7. The predicted octanol–water partition coefficient (Wildman–Crippen LogP) is -0.209. The number of likely N-dealkylation sites (tertiary alicyclic amines) is 1. The number of anilines is 1. The van der Waals surface area contributed by atoms with Gasteiger partial charge in [-0.1, -0.05) is 0 Å². The van der Waals surface area contributed by atoms with E-state index >= 15 is 0 Å². The lowest BCUT2D eigenvalue weighted by molar-refractivity contribution is -0.184. The van der Waals surface area contributed by atoms with E-state index in [9.17, 15) is 34.8 Å². The van der Waals surface area contributed by atoms with Crippen molar-refractivity contribution in [1.82, 2.24) is 9.80 Å². The van der Waals surface area contributed by atoms with Crippen LogP contribution in [0.4, 0.5) is 5.69 Å². The summed E-state index contributed by atoms with van der Waals surface area (Å²) in [6.07, 6.45) is 1.01. The van der Waals surface area contributed by atoms with Crippen LogP contribution >= 0.6 is 0 Å². The van der Waals surface area contributed by atoms with Gasteiger partial charge in [-0.3, -0.25) is 19.3 Å². The molecule has 2 saturated carbocycles. The van der Waals surface area contributed by atoms with Crippen LogP contribution in [0.1, 0.15) is 36.0 Å². The van der Waals surface area contributed by atoms with Crippen molar-refractivity contribution in [2.24, 2.45) is 23.5 Å². The van der Waals surface area contributed by atoms with Gasteiger partial charge in [0.2, 0.25) is 11.7 Å². The smallest absolute Gasteiger partial charge is 0.230 e. The van der Waals surface area contributed by atoms with Crippen LogP contribution in [0.2, 0.25) is 0 Å². The number of fused-ring (bicyclic) bond motifs is 3. The first-order valence-electron chi connectivity index (χ1n) is 13.5. The molecule has 1 saturated heterocycles. The van der Waals surface area contributed by atoms with Crippen LogP contribution in [0.3, 0.4) is 0 Å². The Hall–Kier alpha value is -2.99. The minimum atomic E-state index is -2.65. The number of ketones is 2. The summed E-state index contributed by atoms with van der Waals surface area (Å²) in [6.45, 7) is 2.28. The number of hydrogen-bond acceptors (Lipinski definition) is 10. The molecule has 1 amide bonds. The van der Waals surface area contributed by atoms with Crippen molar-refractivity contribution < 1.29 is 34.8 Å². The summed E-state index contributed by atoms with van der Waals surface area (Å²) >= 11 is 0. The third kappa shape index (κ3) is 3.97. The second kappa shape index (κ2) is 9.58. The van der Waals surface area contributed by atoms with Crippen LogP contribution in [0, 0.1) is 17.8 Å². The third-order valence-corrected chi connectivity index (χ3v) is 9.22. The molecule has 212 valence electrons. The molecule has 11 nitrogen and oxygen atoms in total. The van der Waals surface area contributed by atoms with E-state index in [-0.39, 0.29) is 29.7 Å². The number of nitrogens with zero attached hydrogens (tertiary/aromatic N) is 3. The van der Waals surface area contributed by atoms with Gasteiger partial charge in [0.1, 0.15) is 17.4 Å². The van der Waals surface area contributed by atoms with E-state index in [4.69, 9.17) is 5.73 Å². The Balaban J connectivity index is 1.67. The molecule has 6 atom stereocenters. The minimum absolute atomic E-state index is 0.0986. The Morgan fingerprint density at radius 3 is 2.36 bits per heavy atom. The number of phenolic OH excluding ortho intramolecular Hbond substituents is 1. The molecule has 6 N–H and O–H groups in total. The summed E-state index contributed by atoms with van der Waals surface area (Å²) in [7, 11) is 7.01. The molecule has 3 unspecified atom stereocenters. The molecule has 39 heavy (non-hydrogen) atoms. The topological polar surface area (TPSA) is 168 Å². The van der Waals surface area contributed by atoms with Gasteiger partial charge in [0.15, 0.2) is 11.4 Å². The lowest BCUT2D eigenvalue weighted by atomic mass is 9.54. The van der Waals surface area contributed by atoms with Gasteiger partial charge in [0.25, 0.3) is 0 Å². The third-order valence-electron chi connectivity index (χ3n) is 9.22. The van der Waals surface area contributed by atoms with E-state index in [0.29, 0.717) is 17.7 Å². The lowest BCUT2D eigenvalue weighted by Gasteiger charge is -2.53. The van der Waals surface area contributed by atoms with Crippen LogP contribution < -0.4 is 10.6 Å². The molecule has 0 aromatic heterocycles. The highest BCUT2D eigenvalue weighted by Crippen LogP contribution is 2.53. The fourth-order valence-corrected chi connectivity index (χ4v) is 7.41. The number of aromatic hydroxyl groups is 1. The molecule has 4 aliphatic rings. The molecule has 3 fully saturated rings. The monoisotopic (exact) mass is 542 g/mol. The van der Waals surface area contributed by atoms with Gasteiger partial charge in [-0.25, -0.2) is 0 Å². The molecule has 11 heteroatoms. The van der Waals surface area contributed by atoms with Crippen LogP contribution in [0.25, 0.3) is 5.76 Å². The van der Waals surface area contributed by atoms with Gasteiger partial charge < -0.3 is 36.0 Å². The van der Waals surface area contributed by atoms with Crippen molar-refractivity contribution in [2.75, 3.05) is 46.2 Å². The average molecular weight is 543 g/mol. The van der Waals surface area contributed by atoms with Crippen LogP contribution in [-0.4, -0.2) is 107 Å². The summed E-state index contributed by atoms with van der Waals surface area (Å²) in [5.41, 5.74) is 4.88. The molecule has 1 aromatic carbocycles. The first-order chi connectivity index (χ1) is 18.3. The van der Waals surface area contributed by atoms with Crippen LogP contribution in [-0.2, 0) is 27.3 Å². The second-order valence-electron chi connectivity index (χ2n) is 11.9. The Labute approximate surface area is 227 Å². The van der Waals surface area contributed by atoms with Gasteiger partial charge in [0, 0.05) is 49.4 Å². The van der Waals surface area contributed by atoms with Gasteiger partial charge in [-0.05, 0) is 70.4 Å². The lowest BCUT2D eigenvalue weighted by Crippen LogP contribution is -2.73. The van der Waals surface area contributed by atoms with Crippen molar-refractivity contribution in [3.05, 3.63) is 28.3 Å². The SMILES string of the molecule is CN(C)c1cc(CN2CCCC2)c(O)c2c1C[C@H]1C[C@H]3C(N(C)C)C(O)C(C(N)=O)C(=O)[C@@]3(O)C(=O)C1=C2O. The maximum absolute atomic E-state index is 14.0. The number of aliphatic hydroxyl groups excluding tert-OH is 2. The van der Waals surface area contributed by atoms with Gasteiger partial charge in [0.05, 0.1) is 11.7 Å². The fraction of sp³-hybridized carbons (Fsp3) is 0.607. The number of primary amides is 1. The van der Waals surface area contributed by atoms with Gasteiger partial charge in [-0.15, -0.1) is 0 Å². The predicted molar refractivity (Wildman–Crippen MR) is 143 cm³/mol. The molecular weight excluding hydrogens is 504 g/mol. The van der Waals surface area contributed by atoms with Crippen molar-refractivity contribution in [3.8, 4) is 5.75 Å². The standard InChI is InChI=1S/C28H38N4O7/c1-30(2)17-11-14(12-32-7-5-6-8-32)22(33)19-15(17)9-13-10-16-21(31(3)4)24(35)20(27(29)38)26(37)28(16,39)25(36)18(13)23(19)34/h11,13,16,20-21,24,33-35,39H,5-10,12H2,1-4H3,(H2,29,38)/t13-,16-,20?,21?,24?,28-/m0/s1. The number of benzene rings is 1. The highest BCUT2D eigenvalue weighted by atomic mass is 16.3. The summed E-state index contributed by atoms with van der Waals surface area (Å²) < 4.78 is 0. The molecule has 1 heterocycles. The Morgan fingerprint density at radius 1 is 1.15 bits per heavy atom. The summed E-state index contributed by atoms with van der Waals surface area (Å²) in [4.78, 5) is 45.4. The van der Waals surface area contributed by atoms with E-state index in [0.717, 1.165) is 31.6 Å². The number of likely N-dealkylation sites (N-methyl/N-ethyl adjacent to an activating group) is 1. The molecule has 3 aliphatic carbocycles. The zero-order chi connectivity index (χ0) is 28.5. The number of carbonyl (C=O) groups is 3. The van der Waals surface area contributed by atoms with E-state index in [1.54, 1.807) is 19.0 Å². The van der Waals surface area contributed by atoms with E-state index in [1.807, 2.05) is 25.1 Å². The quantitative estimate of drug-likeness (QED) is 0.314. The van der Waals surface area contributed by atoms with Crippen molar-refractivity contribution in [2.45, 2.75) is 50.0 Å². The molecule has 1 aromatic rings. The molecule has 0 radical (unpaired) electrons. The summed E-state index contributed by atoms with van der Waals surface area (Å²) in [5, 5.41) is 45.7. The molecule has 0 spiro atoms. The zero-order valence-corrected chi connectivity index (χ0v) is 22.8. The number of nitrogens with two attached hydrogens (primary N) is 1. The average Bonchev–Trinajstić information content (AvgIpc) is 3.35. The van der Waals surface area contributed by atoms with Crippen LogP contribution in [0.15, 0.2) is 11.6 Å². The fourth-order valence-electron chi connectivity index (χ4n) is 7.41. The largest absolute Gasteiger partial charge is 0.507 e. The van der Waals surface area contributed by atoms with E-state index < -0.39 is 58.7 Å². The minimum Gasteiger partial charge on any atom is -0.507 e. The maximum Gasteiger partial charge on any atom is 0.230 e. The van der Waals surface area contributed by atoms with Crippen molar-refractivity contribution in [3.63, 3.8) is 0 Å². The van der Waals surface area contributed by atoms with Crippen LogP contribution in [0.5, 0.6) is 5.75 Å². The number of rotatable bonds is 5. The Bertz CT molecular complexity index is 1270. The number of amides is 1. The molecule has 5 rings (SSSR count). The molecule has 1 aliphatic heterocycles. The van der Waals surface area contributed by atoms with E-state index in [2.05, 4.69) is 4.90 Å². The number of Topliss-reactive ketones (excluding diaryl/α,β-unsaturated/α-hetero) is 2. The maximum atomic E-state index is 14.0. The Kier molecular flexibility index (Phi) is 6.77. The first-order valence-corrected chi connectivity index (χ1v) is 13.5. The number of aliphatic hydroxyl groups is 3.